The molecular weight excluding hydrogens is 221 g/mol. The van der Waals surface area contributed by atoms with Gasteiger partial charge in [0.25, 0.3) is 5.56 Å². The third-order valence-electron chi connectivity index (χ3n) is 2.33. The summed E-state index contributed by atoms with van der Waals surface area (Å²) in [5.74, 6) is -0.430. The summed E-state index contributed by atoms with van der Waals surface area (Å²) in [6, 6.07) is 5.84. The highest BCUT2D eigenvalue weighted by atomic mass is 19.1. The molecule has 0 N–H and O–H groups in total. The highest BCUT2D eigenvalue weighted by molar-refractivity contribution is 5.37. The Morgan fingerprint density at radius 2 is 2.29 bits per heavy atom. The van der Waals surface area contributed by atoms with Gasteiger partial charge in [-0.25, -0.2) is 4.39 Å². The largest absolute Gasteiger partial charge is 0.308 e. The van der Waals surface area contributed by atoms with Crippen molar-refractivity contribution in [3.63, 3.8) is 0 Å². The number of hydrogen-bond acceptors (Lipinski definition) is 3. The van der Waals surface area contributed by atoms with Gasteiger partial charge in [-0.2, -0.15) is 5.26 Å². The molecule has 0 radical (unpaired) electrons. The number of hydrogen-bond donors (Lipinski definition) is 0. The summed E-state index contributed by atoms with van der Waals surface area (Å²) < 4.78 is 14.4. The summed E-state index contributed by atoms with van der Waals surface area (Å²) in [5.41, 5.74) is 0.538. The van der Waals surface area contributed by atoms with E-state index >= 15 is 0 Å². The first kappa shape index (κ1) is 11.0. The molecular formula is C12H8FN3O. The maximum atomic E-state index is 13.1. The smallest absolute Gasteiger partial charge is 0.269 e. The van der Waals surface area contributed by atoms with E-state index in [0.29, 0.717) is 11.1 Å². The lowest BCUT2D eigenvalue weighted by Crippen LogP contribution is -2.19. The van der Waals surface area contributed by atoms with Crippen LogP contribution < -0.4 is 5.56 Å². The van der Waals surface area contributed by atoms with Gasteiger partial charge in [0, 0.05) is 12.4 Å². The molecule has 2 aromatic rings. The van der Waals surface area contributed by atoms with Gasteiger partial charge < -0.3 is 4.57 Å². The van der Waals surface area contributed by atoms with Crippen molar-refractivity contribution in [3.05, 3.63) is 64.1 Å². The zero-order valence-electron chi connectivity index (χ0n) is 8.80. The molecule has 0 saturated carbocycles. The number of nitrogens with zero attached hydrogens (tertiary/aromatic N) is 3. The van der Waals surface area contributed by atoms with Crippen LogP contribution in [0.25, 0.3) is 0 Å². The van der Waals surface area contributed by atoms with E-state index in [1.807, 2.05) is 6.07 Å². The number of aromatic nitrogens is 2. The molecule has 0 fully saturated rings. The van der Waals surface area contributed by atoms with E-state index in [-0.39, 0.29) is 12.1 Å². The monoisotopic (exact) mass is 229 g/mol. The van der Waals surface area contributed by atoms with Gasteiger partial charge in [0.1, 0.15) is 5.82 Å². The van der Waals surface area contributed by atoms with Crippen molar-refractivity contribution in [2.24, 2.45) is 0 Å². The van der Waals surface area contributed by atoms with Crippen LogP contribution in [0.4, 0.5) is 4.39 Å². The topological polar surface area (TPSA) is 58.7 Å². The summed E-state index contributed by atoms with van der Waals surface area (Å²) in [7, 11) is 0. The fourth-order valence-electron chi connectivity index (χ4n) is 1.49. The predicted molar refractivity (Wildman–Crippen MR) is 58.7 cm³/mol. The molecule has 0 aliphatic carbocycles. The Hall–Kier alpha value is -2.48. The molecule has 0 unspecified atom stereocenters. The minimum absolute atomic E-state index is 0.155. The third kappa shape index (κ3) is 2.37. The second kappa shape index (κ2) is 4.58. The molecule has 4 nitrogen and oxygen atoms in total. The van der Waals surface area contributed by atoms with E-state index in [0.717, 1.165) is 0 Å². The van der Waals surface area contributed by atoms with Crippen molar-refractivity contribution in [3.8, 4) is 6.07 Å². The molecule has 5 heteroatoms. The van der Waals surface area contributed by atoms with E-state index in [1.54, 1.807) is 0 Å². The Balaban J connectivity index is 2.43. The van der Waals surface area contributed by atoms with Crippen molar-refractivity contribution in [1.29, 1.82) is 5.26 Å². The molecule has 0 spiro atoms. The van der Waals surface area contributed by atoms with Crippen molar-refractivity contribution < 1.29 is 4.39 Å². The number of rotatable bonds is 2. The molecule has 1 aromatic carbocycles. The first-order valence-electron chi connectivity index (χ1n) is 4.89. The molecule has 1 aromatic heterocycles. The Bertz CT molecular complexity index is 643. The van der Waals surface area contributed by atoms with Gasteiger partial charge in [0.05, 0.1) is 24.4 Å². The SMILES string of the molecule is N#Cc1ccc(F)cc1Cn1ccncc1=O. The van der Waals surface area contributed by atoms with Crippen molar-refractivity contribution in [2.45, 2.75) is 6.54 Å². The number of nitriles is 1. The molecule has 0 aliphatic heterocycles. The van der Waals surface area contributed by atoms with Crippen LogP contribution in [0.1, 0.15) is 11.1 Å². The first-order valence-corrected chi connectivity index (χ1v) is 4.89. The second-order valence-corrected chi connectivity index (χ2v) is 3.46. The predicted octanol–water partition coefficient (Wildman–Crippen LogP) is 1.30. The summed E-state index contributed by atoms with van der Waals surface area (Å²) in [6.07, 6.45) is 4.13. The Morgan fingerprint density at radius 1 is 1.47 bits per heavy atom. The fourth-order valence-corrected chi connectivity index (χ4v) is 1.49. The molecule has 2 rings (SSSR count). The lowest BCUT2D eigenvalue weighted by molar-refractivity contribution is 0.622. The van der Waals surface area contributed by atoms with Gasteiger partial charge in [0.15, 0.2) is 0 Å². The Morgan fingerprint density at radius 3 is 3.00 bits per heavy atom. The van der Waals surface area contributed by atoms with Crippen molar-refractivity contribution in [2.75, 3.05) is 0 Å². The highest BCUT2D eigenvalue weighted by Crippen LogP contribution is 2.11. The van der Waals surface area contributed by atoms with E-state index in [1.165, 1.54) is 41.4 Å². The number of benzene rings is 1. The molecule has 0 amide bonds. The molecule has 1 heterocycles. The van der Waals surface area contributed by atoms with E-state index in [2.05, 4.69) is 4.98 Å². The van der Waals surface area contributed by atoms with E-state index in [9.17, 15) is 9.18 Å². The van der Waals surface area contributed by atoms with Gasteiger partial charge in [-0.3, -0.25) is 9.78 Å². The minimum atomic E-state index is -0.430. The van der Waals surface area contributed by atoms with Crippen LogP contribution in [-0.2, 0) is 6.54 Å². The van der Waals surface area contributed by atoms with Crippen LogP contribution in [0.5, 0.6) is 0 Å². The van der Waals surface area contributed by atoms with Gasteiger partial charge in [-0.15, -0.1) is 0 Å². The molecule has 0 aliphatic rings. The Labute approximate surface area is 96.6 Å². The second-order valence-electron chi connectivity index (χ2n) is 3.46. The van der Waals surface area contributed by atoms with E-state index in [4.69, 9.17) is 5.26 Å². The van der Waals surface area contributed by atoms with Gasteiger partial charge in [-0.05, 0) is 23.8 Å². The van der Waals surface area contributed by atoms with Crippen LogP contribution in [-0.4, -0.2) is 9.55 Å². The van der Waals surface area contributed by atoms with Crippen LogP contribution in [0.15, 0.2) is 41.6 Å². The zero-order chi connectivity index (χ0) is 12.3. The van der Waals surface area contributed by atoms with Gasteiger partial charge in [-0.1, -0.05) is 0 Å². The standard InChI is InChI=1S/C12H8FN3O/c13-11-2-1-9(6-14)10(5-11)8-16-4-3-15-7-12(16)17/h1-5,7H,8H2. The van der Waals surface area contributed by atoms with Crippen LogP contribution >= 0.6 is 0 Å². The van der Waals surface area contributed by atoms with Crippen molar-refractivity contribution >= 4 is 0 Å². The van der Waals surface area contributed by atoms with E-state index < -0.39 is 5.82 Å². The normalized spacial score (nSPS) is 9.88. The lowest BCUT2D eigenvalue weighted by Gasteiger charge is -2.06. The van der Waals surface area contributed by atoms with Gasteiger partial charge in [0.2, 0.25) is 0 Å². The van der Waals surface area contributed by atoms with Crippen LogP contribution in [0, 0.1) is 17.1 Å². The third-order valence-corrected chi connectivity index (χ3v) is 2.33. The van der Waals surface area contributed by atoms with Crippen molar-refractivity contribution in [1.82, 2.24) is 9.55 Å². The van der Waals surface area contributed by atoms with Crippen LogP contribution in [0.2, 0.25) is 0 Å². The molecule has 84 valence electrons. The zero-order valence-corrected chi connectivity index (χ0v) is 8.80. The van der Waals surface area contributed by atoms with Gasteiger partial charge >= 0.3 is 0 Å². The number of halogens is 1. The van der Waals surface area contributed by atoms with Crippen LogP contribution in [0.3, 0.4) is 0 Å². The first-order chi connectivity index (χ1) is 8.20. The molecule has 0 atom stereocenters. The molecule has 17 heavy (non-hydrogen) atoms. The summed E-state index contributed by atoms with van der Waals surface area (Å²) in [5, 5.41) is 8.88. The quantitative estimate of drug-likeness (QED) is 0.779. The molecule has 0 bridgehead atoms. The maximum absolute atomic E-state index is 13.1. The summed E-state index contributed by atoms with van der Waals surface area (Å²) >= 11 is 0. The summed E-state index contributed by atoms with van der Waals surface area (Å²) in [6.45, 7) is 0.155. The fraction of sp³-hybridized carbons (Fsp3) is 0.0833. The minimum Gasteiger partial charge on any atom is -0.308 e. The Kier molecular flexibility index (Phi) is 2.97. The average molecular weight is 229 g/mol. The summed E-state index contributed by atoms with van der Waals surface area (Å²) in [4.78, 5) is 15.1. The maximum Gasteiger partial charge on any atom is 0.269 e. The lowest BCUT2D eigenvalue weighted by atomic mass is 10.1. The average Bonchev–Trinajstić information content (AvgIpc) is 2.32. The highest BCUT2D eigenvalue weighted by Gasteiger charge is 2.05. The molecule has 0 saturated heterocycles.